The predicted octanol–water partition coefficient (Wildman–Crippen LogP) is 0.360. The molecule has 58 valence electrons. The zero-order chi connectivity index (χ0) is 7.94. The van der Waals surface area contributed by atoms with Crippen molar-refractivity contribution in [1.29, 1.82) is 0 Å². The van der Waals surface area contributed by atoms with Gasteiger partial charge in [-0.05, 0) is 5.56 Å². The Hall–Kier alpha value is -0.835. The summed E-state index contributed by atoms with van der Waals surface area (Å²) in [6, 6.07) is 9.85. The lowest BCUT2D eigenvalue weighted by atomic mass is 10.2. The lowest BCUT2D eigenvalue weighted by Gasteiger charge is -1.99. The quantitative estimate of drug-likeness (QED) is 0.383. The van der Waals surface area contributed by atoms with E-state index in [0.29, 0.717) is 6.61 Å². The van der Waals surface area contributed by atoms with E-state index in [0.717, 1.165) is 5.56 Å². The highest BCUT2D eigenvalue weighted by Gasteiger charge is 1.91. The van der Waals surface area contributed by atoms with Crippen molar-refractivity contribution in [2.75, 3.05) is 0 Å². The predicted molar refractivity (Wildman–Crippen MR) is 43.7 cm³/mol. The maximum absolute atomic E-state index is 5.02. The van der Waals surface area contributed by atoms with Crippen LogP contribution in [0.25, 0.3) is 0 Å². The number of nitrogens with two attached hydrogens (primary N) is 1. The fraction of sp³-hybridized carbons (Fsp3) is 0.143. The topological polar surface area (TPSA) is 44.5 Å². The number of benzene rings is 1. The van der Waals surface area contributed by atoms with E-state index in [1.165, 1.54) is 0 Å². The number of hydrogen-bond donors (Lipinski definition) is 1. The third kappa shape index (κ3) is 3.18. The normalized spacial score (nSPS) is 9.55. The molecule has 0 fully saturated rings. The Balaban J connectivity index is 2.28. The standard InChI is InChI=1S/C7H10BNO2/c9-11-8-10-6-7-4-2-1-3-5-7/h1-5,8H,6,9H2. The third-order valence-corrected chi connectivity index (χ3v) is 1.26. The Morgan fingerprint density at radius 1 is 1.27 bits per heavy atom. The van der Waals surface area contributed by atoms with Crippen molar-refractivity contribution in [2.45, 2.75) is 6.61 Å². The minimum Gasteiger partial charge on any atom is -0.409 e. The van der Waals surface area contributed by atoms with Crippen molar-refractivity contribution in [2.24, 2.45) is 5.90 Å². The van der Waals surface area contributed by atoms with Gasteiger partial charge in [-0.2, -0.15) is 0 Å². The van der Waals surface area contributed by atoms with Crippen LogP contribution in [0.2, 0.25) is 0 Å². The minimum absolute atomic E-state index is 0.134. The van der Waals surface area contributed by atoms with Crippen LogP contribution in [0.5, 0.6) is 0 Å². The highest BCUT2D eigenvalue weighted by Crippen LogP contribution is 1.98. The molecule has 3 nitrogen and oxygen atoms in total. The summed E-state index contributed by atoms with van der Waals surface area (Å²) in [7, 11) is 0.134. The first-order valence-corrected chi connectivity index (χ1v) is 3.37. The van der Waals surface area contributed by atoms with Crippen LogP contribution >= 0.6 is 0 Å². The van der Waals surface area contributed by atoms with E-state index < -0.39 is 0 Å². The molecule has 0 radical (unpaired) electrons. The van der Waals surface area contributed by atoms with E-state index in [2.05, 4.69) is 4.76 Å². The molecule has 0 spiro atoms. The van der Waals surface area contributed by atoms with Crippen molar-refractivity contribution in [3.8, 4) is 0 Å². The van der Waals surface area contributed by atoms with Crippen molar-refractivity contribution in [3.63, 3.8) is 0 Å². The molecule has 0 unspecified atom stereocenters. The van der Waals surface area contributed by atoms with Gasteiger partial charge in [-0.15, -0.1) is 0 Å². The Labute approximate surface area is 66.4 Å². The molecular formula is C7H10BNO2. The van der Waals surface area contributed by atoms with E-state index >= 15 is 0 Å². The Kier molecular flexibility index (Phi) is 3.68. The molecule has 0 atom stereocenters. The molecule has 0 heterocycles. The molecule has 0 amide bonds. The van der Waals surface area contributed by atoms with Gasteiger partial charge >= 0.3 is 7.69 Å². The summed E-state index contributed by atoms with van der Waals surface area (Å²) >= 11 is 0. The molecule has 1 aromatic carbocycles. The molecular weight excluding hydrogens is 141 g/mol. The van der Waals surface area contributed by atoms with Crippen molar-refractivity contribution < 1.29 is 9.41 Å². The van der Waals surface area contributed by atoms with Gasteiger partial charge in [0.25, 0.3) is 0 Å². The first-order valence-electron chi connectivity index (χ1n) is 3.37. The van der Waals surface area contributed by atoms with Crippen LogP contribution in [0.1, 0.15) is 5.56 Å². The Bertz CT molecular complexity index is 193. The molecule has 0 bridgehead atoms. The monoisotopic (exact) mass is 151 g/mol. The van der Waals surface area contributed by atoms with Crippen molar-refractivity contribution in [3.05, 3.63) is 35.9 Å². The van der Waals surface area contributed by atoms with Crippen LogP contribution in [-0.4, -0.2) is 7.69 Å². The van der Waals surface area contributed by atoms with Crippen LogP contribution in [0.15, 0.2) is 30.3 Å². The highest BCUT2D eigenvalue weighted by atomic mass is 16.7. The number of rotatable bonds is 4. The molecule has 1 rings (SSSR count). The Morgan fingerprint density at radius 3 is 2.64 bits per heavy atom. The molecule has 11 heavy (non-hydrogen) atoms. The zero-order valence-corrected chi connectivity index (χ0v) is 6.19. The second kappa shape index (κ2) is 4.90. The summed E-state index contributed by atoms with van der Waals surface area (Å²) in [6.07, 6.45) is 0. The van der Waals surface area contributed by atoms with Gasteiger partial charge in [0.15, 0.2) is 0 Å². The van der Waals surface area contributed by atoms with Crippen LogP contribution in [0.3, 0.4) is 0 Å². The summed E-state index contributed by atoms with van der Waals surface area (Å²) in [4.78, 5) is 0. The summed E-state index contributed by atoms with van der Waals surface area (Å²) < 4.78 is 9.26. The molecule has 0 aliphatic rings. The zero-order valence-electron chi connectivity index (χ0n) is 6.19. The lowest BCUT2D eigenvalue weighted by molar-refractivity contribution is 0.218. The SMILES string of the molecule is NOBOCc1ccccc1. The fourth-order valence-corrected chi connectivity index (χ4v) is 0.782. The van der Waals surface area contributed by atoms with E-state index in [4.69, 9.17) is 10.6 Å². The van der Waals surface area contributed by atoms with Gasteiger partial charge in [0.2, 0.25) is 0 Å². The molecule has 0 saturated carbocycles. The average Bonchev–Trinajstić information content (AvgIpc) is 2.07. The van der Waals surface area contributed by atoms with Crippen molar-refractivity contribution in [1.82, 2.24) is 0 Å². The average molecular weight is 151 g/mol. The summed E-state index contributed by atoms with van der Waals surface area (Å²) in [5, 5.41) is 0. The first kappa shape index (κ1) is 8.26. The van der Waals surface area contributed by atoms with Crippen LogP contribution in [-0.2, 0) is 16.0 Å². The van der Waals surface area contributed by atoms with Gasteiger partial charge in [-0.25, -0.2) is 5.90 Å². The van der Waals surface area contributed by atoms with Gasteiger partial charge in [-0.3, -0.25) is 0 Å². The molecule has 2 N–H and O–H groups in total. The molecule has 4 heteroatoms. The maximum Gasteiger partial charge on any atom is 0.456 e. The van der Waals surface area contributed by atoms with Crippen LogP contribution < -0.4 is 5.90 Å². The minimum atomic E-state index is 0.134. The van der Waals surface area contributed by atoms with E-state index in [1.807, 2.05) is 30.3 Å². The highest BCUT2D eigenvalue weighted by molar-refractivity contribution is 6.17. The fourth-order valence-electron chi connectivity index (χ4n) is 0.782. The second-order valence-electron chi connectivity index (χ2n) is 2.12. The summed E-state index contributed by atoms with van der Waals surface area (Å²) in [6.45, 7) is 0.540. The molecule has 0 saturated heterocycles. The molecule has 0 aromatic heterocycles. The summed E-state index contributed by atoms with van der Waals surface area (Å²) in [5.74, 6) is 4.77. The van der Waals surface area contributed by atoms with Crippen LogP contribution in [0.4, 0.5) is 0 Å². The second-order valence-corrected chi connectivity index (χ2v) is 2.12. The lowest BCUT2D eigenvalue weighted by Crippen LogP contribution is -2.08. The van der Waals surface area contributed by atoms with Gasteiger partial charge in [0.05, 0.1) is 6.61 Å². The Morgan fingerprint density at radius 2 is 2.00 bits per heavy atom. The largest absolute Gasteiger partial charge is 0.456 e. The van der Waals surface area contributed by atoms with E-state index in [1.54, 1.807) is 0 Å². The summed E-state index contributed by atoms with van der Waals surface area (Å²) in [5.41, 5.74) is 1.12. The van der Waals surface area contributed by atoms with Gasteiger partial charge in [0, 0.05) is 0 Å². The number of hydrogen-bond acceptors (Lipinski definition) is 3. The van der Waals surface area contributed by atoms with Gasteiger partial charge in [-0.1, -0.05) is 30.3 Å². The molecule has 0 aliphatic carbocycles. The maximum atomic E-state index is 5.02. The van der Waals surface area contributed by atoms with Crippen molar-refractivity contribution >= 4 is 7.69 Å². The molecule has 1 aromatic rings. The van der Waals surface area contributed by atoms with E-state index in [-0.39, 0.29) is 7.69 Å². The van der Waals surface area contributed by atoms with Gasteiger partial charge < -0.3 is 9.41 Å². The molecule has 0 aliphatic heterocycles. The van der Waals surface area contributed by atoms with Gasteiger partial charge in [0.1, 0.15) is 0 Å². The van der Waals surface area contributed by atoms with Crippen LogP contribution in [0, 0.1) is 0 Å². The smallest absolute Gasteiger partial charge is 0.409 e. The van der Waals surface area contributed by atoms with E-state index in [9.17, 15) is 0 Å². The first-order chi connectivity index (χ1) is 5.43. The third-order valence-electron chi connectivity index (χ3n) is 1.26.